The Morgan fingerprint density at radius 3 is 2.49 bits per heavy atom. The molecule has 1 aromatic heterocycles. The third-order valence-corrected chi connectivity index (χ3v) is 6.89. The molecule has 5 heteroatoms. The predicted octanol–water partition coefficient (Wildman–Crippen LogP) is 7.30. The van der Waals surface area contributed by atoms with Crippen molar-refractivity contribution in [2.75, 3.05) is 5.32 Å². The lowest BCUT2D eigenvalue weighted by Crippen LogP contribution is -2.25. The molecule has 1 N–H and O–H groups in total. The van der Waals surface area contributed by atoms with Crippen LogP contribution in [0.25, 0.3) is 22.2 Å². The number of rotatable bonds is 9. The fourth-order valence-corrected chi connectivity index (χ4v) is 5.27. The Labute approximate surface area is 214 Å². The van der Waals surface area contributed by atoms with Gasteiger partial charge in [0.25, 0.3) is 0 Å². The molecule has 35 heavy (non-hydrogen) atoms. The number of carbonyl (C=O) groups is 1. The van der Waals surface area contributed by atoms with Crippen LogP contribution in [0.1, 0.15) is 50.3 Å². The fraction of sp³-hybridized carbons (Fsp3) is 0.333. The minimum atomic E-state index is -0.342. The van der Waals surface area contributed by atoms with Crippen molar-refractivity contribution < 1.29 is 4.79 Å². The molecule has 0 aliphatic carbocycles. The van der Waals surface area contributed by atoms with Gasteiger partial charge in [0.05, 0.1) is 22.6 Å². The maximum absolute atomic E-state index is 13.1. The number of hydrogen-bond acceptors (Lipinski definition) is 3. The third-order valence-electron chi connectivity index (χ3n) is 6.45. The SMILES string of the molecule is CCCc1c(Cn2cnc3ccccc32)c(C)cc(NC(=O)[C@H](S)CC(C)C)c1-c1ccccc1. The molecule has 1 atom stereocenters. The standard InChI is InChI=1S/C30H35N3OS/c1-5-11-23-24(18-33-19-31-25-14-9-10-15-27(25)33)21(4)17-26(29(23)22-12-7-6-8-13-22)32-30(34)28(35)16-20(2)3/h6-10,12-15,17,19-20,28,35H,5,11,16,18H2,1-4H3,(H,32,34)/t28-/m1/s1. The highest BCUT2D eigenvalue weighted by Gasteiger charge is 2.22. The smallest absolute Gasteiger partial charge is 0.237 e. The lowest BCUT2D eigenvalue weighted by atomic mass is 9.88. The minimum Gasteiger partial charge on any atom is -0.326 e. The van der Waals surface area contributed by atoms with Gasteiger partial charge in [-0.3, -0.25) is 4.79 Å². The lowest BCUT2D eigenvalue weighted by molar-refractivity contribution is -0.115. The number of aryl methyl sites for hydroxylation is 1. The monoisotopic (exact) mass is 485 g/mol. The number of nitrogens with one attached hydrogen (secondary N) is 1. The molecule has 0 aliphatic heterocycles. The topological polar surface area (TPSA) is 46.9 Å². The van der Waals surface area contributed by atoms with Crippen LogP contribution < -0.4 is 5.32 Å². The Bertz CT molecular complexity index is 1310. The Hall–Kier alpha value is -3.05. The van der Waals surface area contributed by atoms with Crippen molar-refractivity contribution in [3.8, 4) is 11.1 Å². The van der Waals surface area contributed by atoms with E-state index in [1.54, 1.807) is 0 Å². The first-order chi connectivity index (χ1) is 16.9. The summed E-state index contributed by atoms with van der Waals surface area (Å²) in [5.41, 5.74) is 8.95. The molecule has 182 valence electrons. The molecule has 0 spiro atoms. The number of nitrogens with zero attached hydrogens (tertiary/aromatic N) is 2. The van der Waals surface area contributed by atoms with Crippen molar-refractivity contribution in [3.63, 3.8) is 0 Å². The van der Waals surface area contributed by atoms with Crippen LogP contribution in [0.4, 0.5) is 5.69 Å². The molecule has 4 aromatic rings. The number of para-hydroxylation sites is 2. The van der Waals surface area contributed by atoms with Crippen LogP contribution in [0.3, 0.4) is 0 Å². The predicted molar refractivity (Wildman–Crippen MR) is 150 cm³/mol. The number of thiol groups is 1. The average Bonchev–Trinajstić information content (AvgIpc) is 3.24. The zero-order valence-electron chi connectivity index (χ0n) is 21.1. The molecule has 1 amide bonds. The number of imidazole rings is 1. The largest absolute Gasteiger partial charge is 0.326 e. The van der Waals surface area contributed by atoms with Crippen LogP contribution in [-0.4, -0.2) is 20.7 Å². The quantitative estimate of drug-likeness (QED) is 0.244. The van der Waals surface area contributed by atoms with E-state index in [4.69, 9.17) is 0 Å². The van der Waals surface area contributed by atoms with E-state index in [0.717, 1.165) is 53.7 Å². The van der Waals surface area contributed by atoms with Gasteiger partial charge >= 0.3 is 0 Å². The second kappa shape index (κ2) is 11.1. The van der Waals surface area contributed by atoms with E-state index in [1.807, 2.05) is 24.5 Å². The molecule has 0 saturated heterocycles. The van der Waals surface area contributed by atoms with E-state index in [1.165, 1.54) is 16.7 Å². The first kappa shape index (κ1) is 25.1. The van der Waals surface area contributed by atoms with Gasteiger partial charge in [-0.1, -0.05) is 69.7 Å². The molecule has 0 fully saturated rings. The number of fused-ring (bicyclic) bond motifs is 1. The van der Waals surface area contributed by atoms with Gasteiger partial charge in [0.15, 0.2) is 0 Å². The summed E-state index contributed by atoms with van der Waals surface area (Å²) in [7, 11) is 0. The number of hydrogen-bond donors (Lipinski definition) is 2. The number of anilines is 1. The molecule has 0 bridgehead atoms. The van der Waals surface area contributed by atoms with Gasteiger partial charge in [0.2, 0.25) is 5.91 Å². The fourth-order valence-electron chi connectivity index (χ4n) is 4.78. The summed E-state index contributed by atoms with van der Waals surface area (Å²) in [5.74, 6) is 0.357. The highest BCUT2D eigenvalue weighted by atomic mass is 32.1. The Kier molecular flexibility index (Phi) is 7.97. The highest BCUT2D eigenvalue weighted by molar-refractivity contribution is 7.81. The molecule has 3 aromatic carbocycles. The zero-order chi connectivity index (χ0) is 24.9. The first-order valence-electron chi connectivity index (χ1n) is 12.5. The summed E-state index contributed by atoms with van der Waals surface area (Å²) in [6.07, 6.45) is 4.60. The molecule has 0 aliphatic rings. The maximum atomic E-state index is 13.1. The highest BCUT2D eigenvalue weighted by Crippen LogP contribution is 2.38. The Balaban J connectivity index is 1.84. The molecule has 1 heterocycles. The summed E-state index contributed by atoms with van der Waals surface area (Å²) in [6.45, 7) is 9.31. The van der Waals surface area contributed by atoms with Gasteiger partial charge in [0, 0.05) is 17.8 Å². The van der Waals surface area contributed by atoms with Gasteiger partial charge in [0.1, 0.15) is 0 Å². The molecule has 0 unspecified atom stereocenters. The lowest BCUT2D eigenvalue weighted by Gasteiger charge is -2.23. The van der Waals surface area contributed by atoms with Gasteiger partial charge in [-0.2, -0.15) is 12.6 Å². The normalized spacial score (nSPS) is 12.3. The number of carbonyl (C=O) groups excluding carboxylic acids is 1. The van der Waals surface area contributed by atoms with Crippen molar-refractivity contribution in [1.82, 2.24) is 9.55 Å². The van der Waals surface area contributed by atoms with Crippen LogP contribution >= 0.6 is 12.6 Å². The molecule has 0 radical (unpaired) electrons. The van der Waals surface area contributed by atoms with E-state index in [2.05, 4.69) is 97.7 Å². The zero-order valence-corrected chi connectivity index (χ0v) is 22.0. The summed E-state index contributed by atoms with van der Waals surface area (Å²) in [6, 6.07) is 20.8. The van der Waals surface area contributed by atoms with E-state index < -0.39 is 0 Å². The first-order valence-corrected chi connectivity index (χ1v) is 13.0. The van der Waals surface area contributed by atoms with Crippen molar-refractivity contribution in [3.05, 3.63) is 83.7 Å². The van der Waals surface area contributed by atoms with Crippen LogP contribution in [0, 0.1) is 12.8 Å². The Morgan fingerprint density at radius 1 is 1.06 bits per heavy atom. The second-order valence-electron chi connectivity index (χ2n) is 9.68. The van der Waals surface area contributed by atoms with Gasteiger partial charge in [-0.15, -0.1) is 0 Å². The number of benzene rings is 3. The van der Waals surface area contributed by atoms with Crippen LogP contribution in [0.5, 0.6) is 0 Å². The van der Waals surface area contributed by atoms with E-state index >= 15 is 0 Å². The molecule has 0 saturated carbocycles. The van der Waals surface area contributed by atoms with Crippen LogP contribution in [0.2, 0.25) is 0 Å². The molecular formula is C30H35N3OS. The van der Waals surface area contributed by atoms with Crippen molar-refractivity contribution in [2.45, 2.75) is 58.8 Å². The summed E-state index contributed by atoms with van der Waals surface area (Å²) in [4.78, 5) is 17.7. The van der Waals surface area contributed by atoms with Crippen molar-refractivity contribution in [2.24, 2.45) is 5.92 Å². The Morgan fingerprint density at radius 2 is 1.77 bits per heavy atom. The van der Waals surface area contributed by atoms with Gasteiger partial charge in [-0.25, -0.2) is 4.98 Å². The summed E-state index contributed by atoms with van der Waals surface area (Å²) >= 11 is 4.60. The molecule has 4 nitrogen and oxygen atoms in total. The minimum absolute atomic E-state index is 0.0468. The van der Waals surface area contributed by atoms with Crippen molar-refractivity contribution >= 4 is 35.3 Å². The summed E-state index contributed by atoms with van der Waals surface area (Å²) in [5, 5.41) is 2.89. The average molecular weight is 486 g/mol. The van der Waals surface area contributed by atoms with Crippen LogP contribution in [-0.2, 0) is 17.8 Å². The second-order valence-corrected chi connectivity index (χ2v) is 10.3. The molecular weight excluding hydrogens is 450 g/mol. The number of amides is 1. The van der Waals surface area contributed by atoms with E-state index in [0.29, 0.717) is 5.92 Å². The maximum Gasteiger partial charge on any atom is 0.237 e. The van der Waals surface area contributed by atoms with Crippen LogP contribution in [0.15, 0.2) is 67.0 Å². The van der Waals surface area contributed by atoms with Gasteiger partial charge < -0.3 is 9.88 Å². The summed E-state index contributed by atoms with van der Waals surface area (Å²) < 4.78 is 2.22. The van der Waals surface area contributed by atoms with E-state index in [-0.39, 0.29) is 11.2 Å². The van der Waals surface area contributed by atoms with Crippen molar-refractivity contribution in [1.29, 1.82) is 0 Å². The number of aromatic nitrogens is 2. The van der Waals surface area contributed by atoms with E-state index in [9.17, 15) is 4.79 Å². The third kappa shape index (κ3) is 5.62. The molecule has 4 rings (SSSR count). The van der Waals surface area contributed by atoms with Gasteiger partial charge in [-0.05, 0) is 66.1 Å².